The van der Waals surface area contributed by atoms with Crippen LogP contribution in [0.4, 0.5) is 5.69 Å². The van der Waals surface area contributed by atoms with Gasteiger partial charge in [-0.1, -0.05) is 36.4 Å². The van der Waals surface area contributed by atoms with E-state index in [4.69, 9.17) is 0 Å². The number of amides is 2. The van der Waals surface area contributed by atoms with Crippen LogP contribution >= 0.6 is 0 Å². The van der Waals surface area contributed by atoms with Gasteiger partial charge in [0.2, 0.25) is 5.91 Å². The molecule has 5 nitrogen and oxygen atoms in total. The highest BCUT2D eigenvalue weighted by atomic mass is 16.2. The van der Waals surface area contributed by atoms with Gasteiger partial charge in [0.1, 0.15) is 0 Å². The fourth-order valence-electron chi connectivity index (χ4n) is 4.71. The van der Waals surface area contributed by atoms with Crippen LogP contribution in [0.5, 0.6) is 0 Å². The summed E-state index contributed by atoms with van der Waals surface area (Å²) in [6.07, 6.45) is 5.64. The molecule has 2 aromatic carbocycles. The van der Waals surface area contributed by atoms with Crippen molar-refractivity contribution < 1.29 is 9.59 Å². The standard InChI is InChI=1S/C26H33N3O2/c1-27(17-13-21-8-3-2-4-9-21)23-14-18-28(19-15-23)26(31)22-10-7-11-24(20-22)29-16-6-5-12-25(29)30/h2-4,7-11,20,23H,5-6,12-19H2,1H3. The average molecular weight is 420 g/mol. The first kappa shape index (κ1) is 21.6. The summed E-state index contributed by atoms with van der Waals surface area (Å²) in [5, 5.41) is 0. The number of carbonyl (C=O) groups excluding carboxylic acids is 2. The van der Waals surface area contributed by atoms with Gasteiger partial charge in [-0.25, -0.2) is 0 Å². The molecule has 0 spiro atoms. The number of likely N-dealkylation sites (tertiary alicyclic amines) is 1. The number of benzene rings is 2. The molecule has 0 aliphatic carbocycles. The lowest BCUT2D eigenvalue weighted by molar-refractivity contribution is -0.119. The highest BCUT2D eigenvalue weighted by molar-refractivity contribution is 5.98. The van der Waals surface area contributed by atoms with Gasteiger partial charge < -0.3 is 14.7 Å². The molecule has 2 saturated heterocycles. The summed E-state index contributed by atoms with van der Waals surface area (Å²) in [6.45, 7) is 3.35. The monoisotopic (exact) mass is 419 g/mol. The summed E-state index contributed by atoms with van der Waals surface area (Å²) >= 11 is 0. The van der Waals surface area contributed by atoms with Gasteiger partial charge >= 0.3 is 0 Å². The zero-order chi connectivity index (χ0) is 21.6. The van der Waals surface area contributed by atoms with Crippen molar-refractivity contribution in [1.29, 1.82) is 0 Å². The first-order valence-electron chi connectivity index (χ1n) is 11.6. The van der Waals surface area contributed by atoms with Crippen LogP contribution in [0.2, 0.25) is 0 Å². The van der Waals surface area contributed by atoms with Crippen LogP contribution in [0.3, 0.4) is 0 Å². The molecule has 0 radical (unpaired) electrons. The van der Waals surface area contributed by atoms with E-state index in [9.17, 15) is 9.59 Å². The van der Waals surface area contributed by atoms with E-state index in [2.05, 4.69) is 42.3 Å². The SMILES string of the molecule is CN(CCc1ccccc1)C1CCN(C(=O)c2cccc(N3CCCCC3=O)c2)CC1. The smallest absolute Gasteiger partial charge is 0.253 e. The number of piperidine rings is 2. The Bertz CT molecular complexity index is 891. The van der Waals surface area contributed by atoms with Crippen molar-refractivity contribution in [1.82, 2.24) is 9.80 Å². The van der Waals surface area contributed by atoms with Gasteiger partial charge in [0.25, 0.3) is 5.91 Å². The molecule has 0 bridgehead atoms. The molecule has 2 heterocycles. The van der Waals surface area contributed by atoms with Gasteiger partial charge in [-0.15, -0.1) is 0 Å². The van der Waals surface area contributed by atoms with Gasteiger partial charge in [-0.3, -0.25) is 9.59 Å². The summed E-state index contributed by atoms with van der Waals surface area (Å²) in [7, 11) is 2.20. The average Bonchev–Trinajstić information content (AvgIpc) is 2.83. The molecule has 0 saturated carbocycles. The molecule has 4 rings (SSSR count). The van der Waals surface area contributed by atoms with E-state index in [0.717, 1.165) is 64.0 Å². The third-order valence-electron chi connectivity index (χ3n) is 6.70. The normalized spacial score (nSPS) is 17.9. The second-order valence-corrected chi connectivity index (χ2v) is 8.79. The highest BCUT2D eigenvalue weighted by Crippen LogP contribution is 2.24. The van der Waals surface area contributed by atoms with Crippen LogP contribution in [0.15, 0.2) is 54.6 Å². The Labute approximate surface area is 185 Å². The molecular formula is C26H33N3O2. The quantitative estimate of drug-likeness (QED) is 0.711. The van der Waals surface area contributed by atoms with Crippen LogP contribution in [-0.4, -0.2) is 60.9 Å². The van der Waals surface area contributed by atoms with Crippen LogP contribution in [0, 0.1) is 0 Å². The van der Waals surface area contributed by atoms with Crippen molar-refractivity contribution in [2.24, 2.45) is 0 Å². The zero-order valence-corrected chi connectivity index (χ0v) is 18.5. The Morgan fingerprint density at radius 3 is 2.52 bits per heavy atom. The summed E-state index contributed by atoms with van der Waals surface area (Å²) in [4.78, 5) is 31.6. The van der Waals surface area contributed by atoms with Crippen molar-refractivity contribution in [2.75, 3.05) is 38.1 Å². The second kappa shape index (κ2) is 10.1. The van der Waals surface area contributed by atoms with Gasteiger partial charge in [0.15, 0.2) is 0 Å². The molecule has 2 aromatic rings. The maximum absolute atomic E-state index is 13.1. The van der Waals surface area contributed by atoms with E-state index in [-0.39, 0.29) is 11.8 Å². The maximum Gasteiger partial charge on any atom is 0.253 e. The van der Waals surface area contributed by atoms with Crippen LogP contribution in [0.1, 0.15) is 48.0 Å². The Morgan fingerprint density at radius 2 is 1.77 bits per heavy atom. The number of rotatable bonds is 6. The Kier molecular flexibility index (Phi) is 7.03. The largest absolute Gasteiger partial charge is 0.339 e. The van der Waals surface area contributed by atoms with Gasteiger partial charge in [0, 0.05) is 49.9 Å². The summed E-state index contributed by atoms with van der Waals surface area (Å²) in [6, 6.07) is 18.7. The molecule has 0 atom stereocenters. The van der Waals surface area contributed by atoms with E-state index in [0.29, 0.717) is 18.0 Å². The molecule has 0 N–H and O–H groups in total. The number of anilines is 1. The third kappa shape index (κ3) is 5.34. The minimum atomic E-state index is 0.0803. The lowest BCUT2D eigenvalue weighted by Crippen LogP contribution is -2.46. The fourth-order valence-corrected chi connectivity index (χ4v) is 4.71. The summed E-state index contributed by atoms with van der Waals surface area (Å²) < 4.78 is 0. The van der Waals surface area contributed by atoms with Crippen molar-refractivity contribution in [3.8, 4) is 0 Å². The molecule has 164 valence electrons. The molecule has 2 amide bonds. The molecule has 0 aromatic heterocycles. The topological polar surface area (TPSA) is 43.9 Å². The van der Waals surface area contributed by atoms with Crippen LogP contribution < -0.4 is 4.90 Å². The lowest BCUT2D eigenvalue weighted by atomic mass is 10.0. The molecule has 2 fully saturated rings. The molecule has 2 aliphatic rings. The second-order valence-electron chi connectivity index (χ2n) is 8.79. The highest BCUT2D eigenvalue weighted by Gasteiger charge is 2.27. The van der Waals surface area contributed by atoms with Crippen molar-refractivity contribution in [2.45, 2.75) is 44.6 Å². The third-order valence-corrected chi connectivity index (χ3v) is 6.70. The predicted molar refractivity (Wildman–Crippen MR) is 124 cm³/mol. The van der Waals surface area contributed by atoms with Crippen molar-refractivity contribution in [3.63, 3.8) is 0 Å². The first-order valence-corrected chi connectivity index (χ1v) is 11.6. The molecule has 0 unspecified atom stereocenters. The minimum Gasteiger partial charge on any atom is -0.339 e. The number of carbonyl (C=O) groups is 2. The molecule has 31 heavy (non-hydrogen) atoms. The Balaban J connectivity index is 1.31. The first-order chi connectivity index (χ1) is 15.1. The van der Waals surface area contributed by atoms with E-state index in [1.165, 1.54) is 5.56 Å². The van der Waals surface area contributed by atoms with Gasteiger partial charge in [-0.05, 0) is 62.9 Å². The summed E-state index contributed by atoms with van der Waals surface area (Å²) in [5.41, 5.74) is 2.91. The van der Waals surface area contributed by atoms with E-state index < -0.39 is 0 Å². The predicted octanol–water partition coefficient (Wildman–Crippen LogP) is 3.98. The molecule has 2 aliphatic heterocycles. The van der Waals surface area contributed by atoms with E-state index in [1.807, 2.05) is 34.1 Å². The summed E-state index contributed by atoms with van der Waals surface area (Å²) in [5.74, 6) is 0.243. The van der Waals surface area contributed by atoms with Gasteiger partial charge in [0.05, 0.1) is 0 Å². The van der Waals surface area contributed by atoms with E-state index in [1.54, 1.807) is 0 Å². The number of hydrogen-bond donors (Lipinski definition) is 0. The number of nitrogens with zero attached hydrogens (tertiary/aromatic N) is 3. The van der Waals surface area contributed by atoms with Crippen molar-refractivity contribution >= 4 is 17.5 Å². The maximum atomic E-state index is 13.1. The molecule has 5 heteroatoms. The van der Waals surface area contributed by atoms with Crippen LogP contribution in [-0.2, 0) is 11.2 Å². The minimum absolute atomic E-state index is 0.0803. The molecular weight excluding hydrogens is 386 g/mol. The zero-order valence-electron chi connectivity index (χ0n) is 18.5. The fraction of sp³-hybridized carbons (Fsp3) is 0.462. The number of likely N-dealkylation sites (N-methyl/N-ethyl adjacent to an activating group) is 1. The van der Waals surface area contributed by atoms with Crippen molar-refractivity contribution in [3.05, 3.63) is 65.7 Å². The Morgan fingerprint density at radius 1 is 1.00 bits per heavy atom. The number of hydrogen-bond acceptors (Lipinski definition) is 3. The van der Waals surface area contributed by atoms with Gasteiger partial charge in [-0.2, -0.15) is 0 Å². The Hall–Kier alpha value is -2.66. The lowest BCUT2D eigenvalue weighted by Gasteiger charge is -2.37. The van der Waals surface area contributed by atoms with Crippen LogP contribution in [0.25, 0.3) is 0 Å². The van der Waals surface area contributed by atoms with E-state index >= 15 is 0 Å².